The number of carboxylic acid groups (broad SMARTS) is 1. The Hall–Kier alpha value is -3.15. The number of carbonyl (C=O) groups is 2. The van der Waals surface area contributed by atoms with Gasteiger partial charge in [0.05, 0.1) is 44.5 Å². The van der Waals surface area contributed by atoms with Crippen LogP contribution in [0.5, 0.6) is 0 Å². The van der Waals surface area contributed by atoms with Crippen molar-refractivity contribution < 1.29 is 28.9 Å². The van der Waals surface area contributed by atoms with Gasteiger partial charge in [-0.15, -0.1) is 0 Å². The van der Waals surface area contributed by atoms with Crippen LogP contribution in [-0.4, -0.2) is 74.9 Å². The number of pyridine rings is 1. The maximum atomic E-state index is 13.6. The number of esters is 1. The molecule has 2 bridgehead atoms. The molecule has 1 unspecified atom stereocenters. The number of ether oxygens (including phenoxy) is 3. The number of aromatic nitrogens is 4. The van der Waals surface area contributed by atoms with Gasteiger partial charge in [-0.2, -0.15) is 5.10 Å². The number of nitrogens with zero attached hydrogens (tertiary/aromatic N) is 4. The van der Waals surface area contributed by atoms with Crippen LogP contribution in [0.15, 0.2) is 36.3 Å². The minimum atomic E-state index is -0.651. The van der Waals surface area contributed by atoms with Gasteiger partial charge < -0.3 is 25.1 Å². The third-order valence-electron chi connectivity index (χ3n) is 17.8. The van der Waals surface area contributed by atoms with Gasteiger partial charge in [0.15, 0.2) is 5.82 Å². The van der Waals surface area contributed by atoms with Crippen molar-refractivity contribution >= 4 is 11.9 Å². The van der Waals surface area contributed by atoms with E-state index < -0.39 is 34.2 Å². The standard InChI is InChI=1S/C47H71N5O6/c1-13-57-40(55)33-22-30(17-21-49-33)38-50-27-51-52(38)34-23-47-26-56-24-43(9,37(34)58-25-46(12,48)41(5,6)7)35(47)15-14-31-32(47)16-18-45(11)36(39(53)54)42(8,29(4)28(2)3)19-20-44(31,45)10/h16-17,21-22,27-29,31,34-37H,13-15,18-20,23-26,48H2,1-12H3,(H,53,54)/t29-,31+,34-,35+,36-,37+,42-,43?,44-,45+,46+,47+/m1/s1. The molecular formula is C47H71N5O6. The Morgan fingerprint density at radius 1 is 1.05 bits per heavy atom. The third-order valence-corrected chi connectivity index (χ3v) is 17.8. The maximum absolute atomic E-state index is 13.6. The van der Waals surface area contributed by atoms with E-state index in [9.17, 15) is 14.7 Å². The molecule has 11 nitrogen and oxygen atoms in total. The average molecular weight is 802 g/mol. The van der Waals surface area contributed by atoms with E-state index >= 15 is 0 Å². The summed E-state index contributed by atoms with van der Waals surface area (Å²) in [5.41, 5.74) is 6.95. The molecule has 3 heterocycles. The van der Waals surface area contributed by atoms with E-state index in [0.717, 1.165) is 44.1 Å². The van der Waals surface area contributed by atoms with Crippen LogP contribution >= 0.6 is 0 Å². The predicted molar refractivity (Wildman–Crippen MR) is 224 cm³/mol. The fraction of sp³-hybridized carbons (Fsp3) is 0.766. The molecule has 4 aliphatic carbocycles. The highest BCUT2D eigenvalue weighted by Crippen LogP contribution is 2.75. The van der Waals surface area contributed by atoms with E-state index in [1.165, 1.54) is 5.57 Å². The molecule has 58 heavy (non-hydrogen) atoms. The van der Waals surface area contributed by atoms with Crippen molar-refractivity contribution in [1.82, 2.24) is 19.7 Å². The number of hydrogen-bond donors (Lipinski definition) is 2. The monoisotopic (exact) mass is 802 g/mol. The lowest BCUT2D eigenvalue weighted by Gasteiger charge is -2.71. The minimum Gasteiger partial charge on any atom is -0.481 e. The van der Waals surface area contributed by atoms with Crippen molar-refractivity contribution in [2.24, 2.45) is 67.8 Å². The van der Waals surface area contributed by atoms with Gasteiger partial charge in [-0.3, -0.25) is 4.79 Å². The van der Waals surface area contributed by atoms with Gasteiger partial charge in [0.1, 0.15) is 12.0 Å². The highest BCUT2D eigenvalue weighted by molar-refractivity contribution is 5.88. The zero-order valence-electron chi connectivity index (χ0n) is 37.4. The quantitative estimate of drug-likeness (QED) is 0.176. The molecule has 11 heteroatoms. The summed E-state index contributed by atoms with van der Waals surface area (Å²) >= 11 is 0. The summed E-state index contributed by atoms with van der Waals surface area (Å²) in [4.78, 5) is 35.6. The minimum absolute atomic E-state index is 0.209. The maximum Gasteiger partial charge on any atom is 0.356 e. The Bertz CT molecular complexity index is 1930. The van der Waals surface area contributed by atoms with Crippen molar-refractivity contribution in [2.75, 3.05) is 26.4 Å². The fourth-order valence-electron chi connectivity index (χ4n) is 13.2. The first-order valence-electron chi connectivity index (χ1n) is 22.0. The molecule has 4 fully saturated rings. The molecule has 2 aromatic heterocycles. The summed E-state index contributed by atoms with van der Waals surface area (Å²) in [5.74, 6) is 0.209. The Balaban J connectivity index is 1.36. The van der Waals surface area contributed by atoms with E-state index in [2.05, 4.69) is 87.2 Å². The van der Waals surface area contributed by atoms with Crippen LogP contribution in [0, 0.1) is 62.1 Å². The third kappa shape index (κ3) is 6.24. The average Bonchev–Trinajstić information content (AvgIpc) is 3.64. The zero-order valence-corrected chi connectivity index (χ0v) is 37.4. The van der Waals surface area contributed by atoms with E-state index in [0.29, 0.717) is 31.6 Å². The molecule has 1 aliphatic heterocycles. The summed E-state index contributed by atoms with van der Waals surface area (Å²) in [5, 5.41) is 16.2. The number of carboxylic acids is 1. The summed E-state index contributed by atoms with van der Waals surface area (Å²) in [6, 6.07) is 3.35. The lowest BCUT2D eigenvalue weighted by atomic mass is 9.34. The van der Waals surface area contributed by atoms with Gasteiger partial charge >= 0.3 is 11.9 Å². The molecular weight excluding hydrogens is 731 g/mol. The van der Waals surface area contributed by atoms with Gasteiger partial charge in [0.2, 0.25) is 0 Å². The van der Waals surface area contributed by atoms with Crippen molar-refractivity contribution in [1.29, 1.82) is 0 Å². The number of rotatable bonds is 10. The highest BCUT2D eigenvalue weighted by atomic mass is 16.5. The molecule has 1 saturated heterocycles. The molecule has 5 aliphatic rings. The Morgan fingerprint density at radius 2 is 1.78 bits per heavy atom. The normalized spacial score (nSPS) is 38.7. The van der Waals surface area contributed by atoms with Crippen LogP contribution in [0.2, 0.25) is 0 Å². The van der Waals surface area contributed by atoms with Gasteiger partial charge in [0.25, 0.3) is 0 Å². The van der Waals surface area contributed by atoms with Crippen molar-refractivity contribution in [3.63, 3.8) is 0 Å². The van der Waals surface area contributed by atoms with Crippen LogP contribution in [-0.2, 0) is 19.0 Å². The molecule has 320 valence electrons. The van der Waals surface area contributed by atoms with E-state index in [1.54, 1.807) is 25.5 Å². The number of allylic oxidation sites excluding steroid dienone is 1. The summed E-state index contributed by atoms with van der Waals surface area (Å²) in [6.07, 6.45) is 10.8. The van der Waals surface area contributed by atoms with Gasteiger partial charge in [-0.25, -0.2) is 19.4 Å². The second-order valence-electron chi connectivity index (χ2n) is 21.7. The molecule has 2 aromatic rings. The lowest BCUT2D eigenvalue weighted by Crippen LogP contribution is -2.69. The number of carbonyl (C=O) groups excluding carboxylic acids is 1. The van der Waals surface area contributed by atoms with Crippen molar-refractivity contribution in [3.05, 3.63) is 42.0 Å². The largest absolute Gasteiger partial charge is 0.481 e. The first kappa shape index (κ1) is 43.0. The first-order chi connectivity index (χ1) is 27.0. The summed E-state index contributed by atoms with van der Waals surface area (Å²) in [7, 11) is 0. The molecule has 12 atom stereocenters. The fourth-order valence-corrected chi connectivity index (χ4v) is 13.2. The van der Waals surface area contributed by atoms with Gasteiger partial charge in [-0.05, 0) is 110 Å². The van der Waals surface area contributed by atoms with Gasteiger partial charge in [0, 0.05) is 28.1 Å². The van der Waals surface area contributed by atoms with E-state index in [4.69, 9.17) is 30.0 Å². The Kier molecular flexibility index (Phi) is 10.7. The molecule has 3 saturated carbocycles. The number of aliphatic carboxylic acids is 1. The predicted octanol–water partition coefficient (Wildman–Crippen LogP) is 8.80. The highest BCUT2D eigenvalue weighted by Gasteiger charge is 2.72. The molecule has 0 aromatic carbocycles. The van der Waals surface area contributed by atoms with Gasteiger partial charge in [-0.1, -0.05) is 80.9 Å². The van der Waals surface area contributed by atoms with E-state index in [-0.39, 0.29) is 63.9 Å². The Labute approximate surface area is 346 Å². The molecule has 0 radical (unpaired) electrons. The Morgan fingerprint density at radius 3 is 2.43 bits per heavy atom. The molecule has 0 spiro atoms. The molecule has 7 rings (SSSR count). The lowest BCUT2D eigenvalue weighted by molar-refractivity contribution is -0.253. The first-order valence-corrected chi connectivity index (χ1v) is 22.0. The smallest absolute Gasteiger partial charge is 0.356 e. The molecule has 3 N–H and O–H groups in total. The second-order valence-corrected chi connectivity index (χ2v) is 21.7. The van der Waals surface area contributed by atoms with Crippen LogP contribution in [0.1, 0.15) is 138 Å². The summed E-state index contributed by atoms with van der Waals surface area (Å²) in [6.45, 7) is 28.2. The number of hydrogen-bond acceptors (Lipinski definition) is 9. The van der Waals surface area contributed by atoms with Crippen molar-refractivity contribution in [2.45, 2.75) is 139 Å². The van der Waals surface area contributed by atoms with Crippen LogP contribution in [0.25, 0.3) is 11.4 Å². The van der Waals surface area contributed by atoms with Crippen LogP contribution in [0.3, 0.4) is 0 Å². The van der Waals surface area contributed by atoms with Crippen LogP contribution < -0.4 is 5.73 Å². The summed E-state index contributed by atoms with van der Waals surface area (Å²) < 4.78 is 21.4. The van der Waals surface area contributed by atoms with E-state index in [1.807, 2.05) is 10.7 Å². The topological polar surface area (TPSA) is 152 Å². The molecule has 0 amide bonds. The van der Waals surface area contributed by atoms with Crippen molar-refractivity contribution in [3.8, 4) is 11.4 Å². The van der Waals surface area contributed by atoms with Crippen LogP contribution in [0.4, 0.5) is 0 Å². The zero-order chi connectivity index (χ0) is 42.4. The second kappa shape index (κ2) is 14.5. The number of nitrogens with two attached hydrogens (primary N) is 1. The number of fused-ring (bicyclic) bond motifs is 3. The SMILES string of the molecule is CCOC(=O)c1cc(-c2ncnn2[C@@H]2C[C@@]34COCC(C)([C@H]2OC[C@](C)(N)C(C)(C)C)[C@@H]3CC[C@H]2C4=CC[C@@]3(C)[C@H](C(=O)O)[C@@](C)([C@H](C)C(C)C)CC[C@]23C)ccn1.